The predicted molar refractivity (Wildman–Crippen MR) is 65.1 cm³/mol. The van der Waals surface area contributed by atoms with Gasteiger partial charge in [0.15, 0.2) is 0 Å². The Kier molecular flexibility index (Phi) is 2.76. The van der Waals surface area contributed by atoms with E-state index in [1.165, 1.54) is 0 Å². The topological polar surface area (TPSA) is 29.1 Å². The molecule has 14 heavy (non-hydrogen) atoms. The lowest BCUT2D eigenvalue weighted by Crippen LogP contribution is -2.14. The molecule has 0 aromatic heterocycles. The lowest BCUT2D eigenvalue weighted by molar-refractivity contribution is -0.117. The molecule has 0 heterocycles. The van der Waals surface area contributed by atoms with E-state index >= 15 is 0 Å². The van der Waals surface area contributed by atoms with Crippen LogP contribution >= 0.6 is 22.6 Å². The molecular weight excluding hydrogens is 289 g/mol. The number of benzene rings is 1. The van der Waals surface area contributed by atoms with Crippen molar-refractivity contribution in [3.63, 3.8) is 0 Å². The maximum Gasteiger partial charge on any atom is 0.227 e. The smallest absolute Gasteiger partial charge is 0.227 e. The highest BCUT2D eigenvalue weighted by Gasteiger charge is 2.38. The van der Waals surface area contributed by atoms with Crippen molar-refractivity contribution in [3.8, 4) is 0 Å². The predicted octanol–water partition coefficient (Wildman–Crippen LogP) is 2.89. The maximum atomic E-state index is 11.6. The van der Waals surface area contributed by atoms with Gasteiger partial charge in [-0.1, -0.05) is 13.0 Å². The van der Waals surface area contributed by atoms with Gasteiger partial charge in [-0.2, -0.15) is 0 Å². The third-order valence-electron chi connectivity index (χ3n) is 2.54. The molecule has 0 radical (unpaired) electrons. The Balaban J connectivity index is 2.00. The molecule has 74 valence electrons. The molecule has 1 N–H and O–H groups in total. The van der Waals surface area contributed by atoms with E-state index in [4.69, 9.17) is 0 Å². The zero-order valence-corrected chi connectivity index (χ0v) is 10.1. The van der Waals surface area contributed by atoms with Gasteiger partial charge in [-0.15, -0.1) is 0 Å². The van der Waals surface area contributed by atoms with E-state index in [0.29, 0.717) is 5.92 Å². The minimum absolute atomic E-state index is 0.166. The number of carbonyl (C=O) groups is 1. The van der Waals surface area contributed by atoms with Crippen LogP contribution in [0, 0.1) is 15.4 Å². The quantitative estimate of drug-likeness (QED) is 0.836. The number of carbonyl (C=O) groups excluding carboxylic acids is 1. The average Bonchev–Trinajstić information content (AvgIpc) is 2.82. The van der Waals surface area contributed by atoms with Gasteiger partial charge in [0.25, 0.3) is 0 Å². The van der Waals surface area contributed by atoms with Crippen molar-refractivity contribution in [1.29, 1.82) is 0 Å². The Hall–Kier alpha value is -0.580. The number of nitrogens with one attached hydrogen (secondary N) is 1. The Labute approximate surface area is 97.2 Å². The largest absolute Gasteiger partial charge is 0.326 e. The highest BCUT2D eigenvalue weighted by molar-refractivity contribution is 14.1. The van der Waals surface area contributed by atoms with E-state index in [0.717, 1.165) is 15.7 Å². The van der Waals surface area contributed by atoms with Gasteiger partial charge < -0.3 is 5.32 Å². The number of halogens is 1. The minimum atomic E-state index is 0.166. The fourth-order valence-corrected chi connectivity index (χ4v) is 2.03. The summed E-state index contributed by atoms with van der Waals surface area (Å²) in [5.41, 5.74) is 0.904. The van der Waals surface area contributed by atoms with E-state index in [-0.39, 0.29) is 11.8 Å². The molecule has 1 aromatic rings. The zero-order chi connectivity index (χ0) is 10.1. The molecule has 1 aromatic carbocycles. The van der Waals surface area contributed by atoms with Crippen molar-refractivity contribution in [2.75, 3.05) is 5.32 Å². The third-order valence-corrected chi connectivity index (χ3v) is 3.21. The van der Waals surface area contributed by atoms with Gasteiger partial charge in [-0.3, -0.25) is 4.79 Å². The maximum absolute atomic E-state index is 11.6. The van der Waals surface area contributed by atoms with Crippen molar-refractivity contribution in [2.24, 2.45) is 11.8 Å². The van der Waals surface area contributed by atoms with Crippen LogP contribution in [0.25, 0.3) is 0 Å². The van der Waals surface area contributed by atoms with Crippen LogP contribution in [0.2, 0.25) is 0 Å². The Morgan fingerprint density at radius 1 is 1.57 bits per heavy atom. The summed E-state index contributed by atoms with van der Waals surface area (Å²) in [5, 5.41) is 2.93. The van der Waals surface area contributed by atoms with Crippen LogP contribution in [0.1, 0.15) is 13.3 Å². The van der Waals surface area contributed by atoms with Crippen molar-refractivity contribution >= 4 is 34.2 Å². The third kappa shape index (κ3) is 2.26. The highest BCUT2D eigenvalue weighted by Crippen LogP contribution is 2.38. The van der Waals surface area contributed by atoms with Gasteiger partial charge in [0.1, 0.15) is 0 Å². The first-order valence-electron chi connectivity index (χ1n) is 4.73. The van der Waals surface area contributed by atoms with Crippen LogP contribution < -0.4 is 5.32 Å². The first-order valence-corrected chi connectivity index (χ1v) is 5.81. The molecule has 0 unspecified atom stereocenters. The van der Waals surface area contributed by atoms with Gasteiger partial charge in [0, 0.05) is 15.2 Å². The summed E-state index contributed by atoms with van der Waals surface area (Å²) in [6.45, 7) is 2.11. The van der Waals surface area contributed by atoms with Crippen molar-refractivity contribution < 1.29 is 4.79 Å². The summed E-state index contributed by atoms with van der Waals surface area (Å²) >= 11 is 2.24. The van der Waals surface area contributed by atoms with Crippen LogP contribution in [0.5, 0.6) is 0 Å². The van der Waals surface area contributed by atoms with E-state index in [2.05, 4.69) is 34.8 Å². The second kappa shape index (κ2) is 3.88. The summed E-state index contributed by atoms with van der Waals surface area (Å²) in [6, 6.07) is 7.86. The number of anilines is 1. The van der Waals surface area contributed by atoms with Crippen LogP contribution in [-0.2, 0) is 4.79 Å². The summed E-state index contributed by atoms with van der Waals surface area (Å²) in [6.07, 6.45) is 1.04. The molecule has 1 fully saturated rings. The Morgan fingerprint density at radius 2 is 2.29 bits per heavy atom. The molecule has 1 amide bonds. The molecule has 0 saturated heterocycles. The molecule has 0 aliphatic heterocycles. The minimum Gasteiger partial charge on any atom is -0.326 e. The van der Waals surface area contributed by atoms with Gasteiger partial charge in [-0.05, 0) is 53.1 Å². The first kappa shape index (κ1) is 9.96. The molecule has 3 heteroatoms. The van der Waals surface area contributed by atoms with Gasteiger partial charge in [-0.25, -0.2) is 0 Å². The number of amides is 1. The highest BCUT2D eigenvalue weighted by atomic mass is 127. The number of hydrogen-bond acceptors (Lipinski definition) is 1. The molecule has 2 nitrogen and oxygen atoms in total. The fourth-order valence-electron chi connectivity index (χ4n) is 1.49. The molecule has 0 bridgehead atoms. The zero-order valence-electron chi connectivity index (χ0n) is 7.96. The summed E-state index contributed by atoms with van der Waals surface area (Å²) in [7, 11) is 0. The summed E-state index contributed by atoms with van der Waals surface area (Å²) in [5.74, 6) is 0.977. The SMILES string of the molecule is C[C@H]1C[C@H]1C(=O)Nc1cccc(I)c1. The van der Waals surface area contributed by atoms with Gasteiger partial charge >= 0.3 is 0 Å². The molecule has 1 aliphatic carbocycles. The molecule has 2 atom stereocenters. The lowest BCUT2D eigenvalue weighted by atomic mass is 10.3. The van der Waals surface area contributed by atoms with Crippen molar-refractivity contribution in [3.05, 3.63) is 27.8 Å². The first-order chi connectivity index (χ1) is 6.66. The van der Waals surface area contributed by atoms with Crippen molar-refractivity contribution in [1.82, 2.24) is 0 Å². The van der Waals surface area contributed by atoms with Crippen molar-refractivity contribution in [2.45, 2.75) is 13.3 Å². The van der Waals surface area contributed by atoms with Gasteiger partial charge in [0.05, 0.1) is 0 Å². The second-order valence-electron chi connectivity index (χ2n) is 3.82. The van der Waals surface area contributed by atoms with Crippen LogP contribution in [0.15, 0.2) is 24.3 Å². The number of rotatable bonds is 2. The van der Waals surface area contributed by atoms with E-state index in [1.54, 1.807) is 0 Å². The standard InChI is InChI=1S/C11H12INO/c1-7-5-10(7)11(14)13-9-4-2-3-8(12)6-9/h2-4,6-7,10H,5H2,1H3,(H,13,14)/t7-,10+/m0/s1. The normalized spacial score (nSPS) is 24.4. The molecule has 1 saturated carbocycles. The fraction of sp³-hybridized carbons (Fsp3) is 0.364. The molecule has 1 aliphatic rings. The Morgan fingerprint density at radius 3 is 2.86 bits per heavy atom. The van der Waals surface area contributed by atoms with E-state index < -0.39 is 0 Å². The summed E-state index contributed by atoms with van der Waals surface area (Å²) in [4.78, 5) is 11.6. The molecular formula is C11H12INO. The summed E-state index contributed by atoms with van der Waals surface area (Å²) < 4.78 is 1.14. The van der Waals surface area contributed by atoms with E-state index in [1.807, 2.05) is 24.3 Å². The second-order valence-corrected chi connectivity index (χ2v) is 5.06. The van der Waals surface area contributed by atoms with Crippen LogP contribution in [-0.4, -0.2) is 5.91 Å². The monoisotopic (exact) mass is 301 g/mol. The van der Waals surface area contributed by atoms with Crippen LogP contribution in [0.3, 0.4) is 0 Å². The average molecular weight is 301 g/mol. The Bertz CT molecular complexity index is 364. The molecule has 0 spiro atoms. The number of hydrogen-bond donors (Lipinski definition) is 1. The van der Waals surface area contributed by atoms with Gasteiger partial charge in [0.2, 0.25) is 5.91 Å². The lowest BCUT2D eigenvalue weighted by Gasteiger charge is -2.04. The molecule has 2 rings (SSSR count). The van der Waals surface area contributed by atoms with Crippen LogP contribution in [0.4, 0.5) is 5.69 Å². The van der Waals surface area contributed by atoms with E-state index in [9.17, 15) is 4.79 Å².